The molecule has 0 unspecified atom stereocenters. The van der Waals surface area contributed by atoms with E-state index >= 15 is 0 Å². The van der Waals surface area contributed by atoms with Crippen LogP contribution in [0, 0.1) is 6.92 Å². The van der Waals surface area contributed by atoms with E-state index in [1.165, 1.54) is 0 Å². The molecular formula is C13H18BrNO2. The normalized spacial score (nSPS) is 10.1. The molecule has 17 heavy (non-hydrogen) atoms. The molecular weight excluding hydrogens is 282 g/mol. The molecule has 0 fully saturated rings. The number of methoxy groups -OCH3 is 1. The molecule has 0 heterocycles. The number of aryl methyl sites for hydroxylation is 1. The minimum atomic E-state index is 0.0208. The van der Waals surface area contributed by atoms with Crippen molar-refractivity contribution in [3.05, 3.63) is 29.3 Å². The van der Waals surface area contributed by atoms with Gasteiger partial charge < -0.3 is 9.64 Å². The molecule has 0 atom stereocenters. The summed E-state index contributed by atoms with van der Waals surface area (Å²) in [5, 5.41) is 0.778. The quantitative estimate of drug-likeness (QED) is 0.783. The summed E-state index contributed by atoms with van der Waals surface area (Å²) in [6.07, 6.45) is 0. The van der Waals surface area contributed by atoms with Crippen LogP contribution >= 0.6 is 15.9 Å². The minimum absolute atomic E-state index is 0.0208. The molecule has 1 rings (SSSR count). The predicted octanol–water partition coefficient (Wildman–Crippen LogP) is 2.86. The topological polar surface area (TPSA) is 29.5 Å². The van der Waals surface area contributed by atoms with Crippen molar-refractivity contribution in [2.75, 3.05) is 25.5 Å². The molecule has 0 N–H and O–H groups in total. The monoisotopic (exact) mass is 299 g/mol. The highest BCUT2D eigenvalue weighted by molar-refractivity contribution is 9.09. The Morgan fingerprint density at radius 1 is 1.47 bits per heavy atom. The van der Waals surface area contributed by atoms with Gasteiger partial charge in [-0.1, -0.05) is 27.6 Å². The molecule has 0 aromatic heterocycles. The van der Waals surface area contributed by atoms with Crippen molar-refractivity contribution in [3.63, 3.8) is 0 Å². The number of hydrogen-bond donors (Lipinski definition) is 0. The zero-order valence-electron chi connectivity index (χ0n) is 10.5. The van der Waals surface area contributed by atoms with Crippen molar-refractivity contribution in [2.45, 2.75) is 13.8 Å². The van der Waals surface area contributed by atoms with Crippen LogP contribution in [0.1, 0.15) is 22.8 Å². The first-order valence-corrected chi connectivity index (χ1v) is 6.76. The van der Waals surface area contributed by atoms with Gasteiger partial charge in [0.05, 0.1) is 12.7 Å². The Hall–Kier alpha value is -1.03. The van der Waals surface area contributed by atoms with Gasteiger partial charge in [0.25, 0.3) is 5.91 Å². The number of nitrogens with zero attached hydrogens (tertiary/aromatic N) is 1. The summed E-state index contributed by atoms with van der Waals surface area (Å²) in [4.78, 5) is 14.1. The molecule has 4 heteroatoms. The van der Waals surface area contributed by atoms with Gasteiger partial charge in [-0.2, -0.15) is 0 Å². The number of carbonyl (C=O) groups excluding carboxylic acids is 1. The molecule has 3 nitrogen and oxygen atoms in total. The Morgan fingerprint density at radius 2 is 2.18 bits per heavy atom. The van der Waals surface area contributed by atoms with Crippen LogP contribution in [-0.4, -0.2) is 36.3 Å². The van der Waals surface area contributed by atoms with E-state index in [0.29, 0.717) is 24.4 Å². The zero-order valence-corrected chi connectivity index (χ0v) is 12.1. The number of ether oxygens (including phenoxy) is 1. The van der Waals surface area contributed by atoms with E-state index in [2.05, 4.69) is 15.9 Å². The first-order chi connectivity index (χ1) is 8.13. The maximum Gasteiger partial charge on any atom is 0.257 e. The van der Waals surface area contributed by atoms with E-state index in [-0.39, 0.29) is 5.91 Å². The second-order valence-electron chi connectivity index (χ2n) is 3.78. The van der Waals surface area contributed by atoms with Gasteiger partial charge in [0.2, 0.25) is 0 Å². The van der Waals surface area contributed by atoms with Gasteiger partial charge in [-0.15, -0.1) is 0 Å². The molecule has 0 spiro atoms. The number of carbonyl (C=O) groups is 1. The van der Waals surface area contributed by atoms with Crippen LogP contribution in [0.4, 0.5) is 0 Å². The summed E-state index contributed by atoms with van der Waals surface area (Å²) in [7, 11) is 1.59. The fourth-order valence-corrected chi connectivity index (χ4v) is 2.09. The van der Waals surface area contributed by atoms with Crippen molar-refractivity contribution in [1.82, 2.24) is 4.90 Å². The average Bonchev–Trinajstić information content (AvgIpc) is 2.35. The van der Waals surface area contributed by atoms with E-state index in [1.54, 1.807) is 12.0 Å². The van der Waals surface area contributed by atoms with Gasteiger partial charge in [0.1, 0.15) is 5.75 Å². The van der Waals surface area contributed by atoms with Crippen molar-refractivity contribution < 1.29 is 9.53 Å². The van der Waals surface area contributed by atoms with Crippen molar-refractivity contribution in [2.24, 2.45) is 0 Å². The number of amides is 1. The summed E-state index contributed by atoms with van der Waals surface area (Å²) in [5.74, 6) is 0.654. The summed E-state index contributed by atoms with van der Waals surface area (Å²) in [5.41, 5.74) is 1.69. The Bertz CT molecular complexity index is 393. The second-order valence-corrected chi connectivity index (χ2v) is 4.57. The van der Waals surface area contributed by atoms with Crippen molar-refractivity contribution >= 4 is 21.8 Å². The Balaban J connectivity index is 3.04. The lowest BCUT2D eigenvalue weighted by atomic mass is 10.1. The summed E-state index contributed by atoms with van der Waals surface area (Å²) in [6, 6.07) is 5.65. The van der Waals surface area contributed by atoms with Crippen LogP contribution in [0.25, 0.3) is 0 Å². The molecule has 0 radical (unpaired) electrons. The summed E-state index contributed by atoms with van der Waals surface area (Å²) < 4.78 is 5.24. The Morgan fingerprint density at radius 3 is 2.71 bits per heavy atom. The maximum absolute atomic E-state index is 12.3. The molecule has 94 valence electrons. The lowest BCUT2D eigenvalue weighted by Crippen LogP contribution is -2.32. The van der Waals surface area contributed by atoms with Gasteiger partial charge in [-0.3, -0.25) is 4.79 Å². The van der Waals surface area contributed by atoms with Crippen LogP contribution in [0.2, 0.25) is 0 Å². The third-order valence-corrected chi connectivity index (χ3v) is 2.96. The molecule has 0 saturated heterocycles. The molecule has 0 bridgehead atoms. The highest BCUT2D eigenvalue weighted by Gasteiger charge is 2.17. The average molecular weight is 300 g/mol. The smallest absolute Gasteiger partial charge is 0.257 e. The van der Waals surface area contributed by atoms with Gasteiger partial charge in [0.15, 0.2) is 0 Å². The fourth-order valence-electron chi connectivity index (χ4n) is 1.66. The molecule has 1 amide bonds. The van der Waals surface area contributed by atoms with Crippen LogP contribution in [0.3, 0.4) is 0 Å². The summed E-state index contributed by atoms with van der Waals surface area (Å²) in [6.45, 7) is 5.34. The van der Waals surface area contributed by atoms with E-state index in [9.17, 15) is 4.79 Å². The molecule has 1 aromatic rings. The highest BCUT2D eigenvalue weighted by Crippen LogP contribution is 2.21. The number of benzene rings is 1. The summed E-state index contributed by atoms with van der Waals surface area (Å²) >= 11 is 3.36. The van der Waals surface area contributed by atoms with Crippen LogP contribution < -0.4 is 4.74 Å². The van der Waals surface area contributed by atoms with Gasteiger partial charge in [-0.05, 0) is 26.0 Å². The van der Waals surface area contributed by atoms with Gasteiger partial charge in [-0.25, -0.2) is 0 Å². The minimum Gasteiger partial charge on any atom is -0.496 e. The van der Waals surface area contributed by atoms with Crippen molar-refractivity contribution in [3.8, 4) is 5.75 Å². The third-order valence-electron chi connectivity index (χ3n) is 2.61. The molecule has 0 aliphatic rings. The largest absolute Gasteiger partial charge is 0.496 e. The number of halogens is 1. The second kappa shape index (κ2) is 6.64. The zero-order chi connectivity index (χ0) is 12.8. The SMILES string of the molecule is CCN(CCBr)C(=O)c1cc(C)ccc1OC. The molecule has 0 saturated carbocycles. The standard InChI is InChI=1S/C13H18BrNO2/c1-4-15(8-7-14)13(16)11-9-10(2)5-6-12(11)17-3/h5-6,9H,4,7-8H2,1-3H3. The Kier molecular flexibility index (Phi) is 5.48. The van der Waals surface area contributed by atoms with E-state index < -0.39 is 0 Å². The van der Waals surface area contributed by atoms with Crippen LogP contribution in [0.5, 0.6) is 5.75 Å². The lowest BCUT2D eigenvalue weighted by Gasteiger charge is -2.21. The van der Waals surface area contributed by atoms with Crippen molar-refractivity contribution in [1.29, 1.82) is 0 Å². The fraction of sp³-hybridized carbons (Fsp3) is 0.462. The number of hydrogen-bond acceptors (Lipinski definition) is 2. The molecule has 1 aromatic carbocycles. The van der Waals surface area contributed by atoms with Gasteiger partial charge >= 0.3 is 0 Å². The first-order valence-electron chi connectivity index (χ1n) is 5.63. The molecule has 0 aliphatic heterocycles. The van der Waals surface area contributed by atoms with Gasteiger partial charge in [0, 0.05) is 18.4 Å². The van der Waals surface area contributed by atoms with Crippen LogP contribution in [0.15, 0.2) is 18.2 Å². The predicted molar refractivity (Wildman–Crippen MR) is 73.1 cm³/mol. The van der Waals surface area contributed by atoms with E-state index in [0.717, 1.165) is 10.9 Å². The highest BCUT2D eigenvalue weighted by atomic mass is 79.9. The van der Waals surface area contributed by atoms with Crippen LogP contribution in [-0.2, 0) is 0 Å². The van der Waals surface area contributed by atoms with E-state index in [4.69, 9.17) is 4.74 Å². The lowest BCUT2D eigenvalue weighted by molar-refractivity contribution is 0.0771. The molecule has 0 aliphatic carbocycles. The third kappa shape index (κ3) is 3.46. The number of rotatable bonds is 5. The first kappa shape index (κ1) is 14.0. The van der Waals surface area contributed by atoms with E-state index in [1.807, 2.05) is 32.0 Å². The maximum atomic E-state index is 12.3. The number of alkyl halides is 1. The Labute approximate surface area is 111 Å².